The van der Waals surface area contributed by atoms with Crippen LogP contribution >= 0.6 is 0 Å². The average Bonchev–Trinajstić information content (AvgIpc) is 2.47. The molecule has 1 N–H and O–H groups in total. The molecule has 1 saturated carbocycles. The Hall–Kier alpha value is -0.0800. The third-order valence-electron chi connectivity index (χ3n) is 5.87. The molecule has 1 aliphatic carbocycles. The Labute approximate surface area is 133 Å². The quantitative estimate of drug-likeness (QED) is 0.806. The Kier molecular flexibility index (Phi) is 7.53. The standard InChI is InChI=1S/C19H38N2/c1-4-13-20-18-9-7-5-6-8-10-19(18)21-14-11-17(12-15-21)16(2)3/h16-20H,4-15H2,1-3H3. The number of hydrogen-bond acceptors (Lipinski definition) is 2. The molecule has 21 heavy (non-hydrogen) atoms. The Balaban J connectivity index is 1.92. The number of hydrogen-bond donors (Lipinski definition) is 1. The van der Waals surface area contributed by atoms with E-state index in [9.17, 15) is 0 Å². The molecule has 0 radical (unpaired) electrons. The Morgan fingerprint density at radius 3 is 2.24 bits per heavy atom. The lowest BCUT2D eigenvalue weighted by atomic mass is 9.84. The van der Waals surface area contributed by atoms with E-state index in [0.717, 1.165) is 23.9 Å². The normalized spacial score (nSPS) is 30.3. The van der Waals surface area contributed by atoms with Gasteiger partial charge in [-0.3, -0.25) is 4.90 Å². The number of nitrogens with one attached hydrogen (secondary N) is 1. The number of piperidine rings is 1. The molecule has 1 aliphatic heterocycles. The largest absolute Gasteiger partial charge is 0.312 e. The number of nitrogens with zero attached hydrogens (tertiary/aromatic N) is 1. The van der Waals surface area contributed by atoms with Crippen LogP contribution in [0, 0.1) is 11.8 Å². The van der Waals surface area contributed by atoms with E-state index in [1.165, 1.54) is 77.4 Å². The fourth-order valence-corrected chi connectivity index (χ4v) is 4.39. The molecule has 0 amide bonds. The van der Waals surface area contributed by atoms with Gasteiger partial charge in [0, 0.05) is 12.1 Å². The van der Waals surface area contributed by atoms with Crippen molar-refractivity contribution in [2.24, 2.45) is 11.8 Å². The molecule has 1 saturated heterocycles. The Morgan fingerprint density at radius 1 is 0.952 bits per heavy atom. The Morgan fingerprint density at radius 2 is 1.62 bits per heavy atom. The SMILES string of the molecule is CCCNC1CCCCCCC1N1CCC(C(C)C)CC1. The molecular weight excluding hydrogens is 256 g/mol. The molecule has 2 rings (SSSR count). The van der Waals surface area contributed by atoms with Gasteiger partial charge in [0.05, 0.1) is 0 Å². The fourth-order valence-electron chi connectivity index (χ4n) is 4.39. The molecule has 0 spiro atoms. The number of rotatable bonds is 5. The van der Waals surface area contributed by atoms with Crippen LogP contribution in [0.15, 0.2) is 0 Å². The zero-order chi connectivity index (χ0) is 15.1. The van der Waals surface area contributed by atoms with Crippen molar-refractivity contribution in [1.29, 1.82) is 0 Å². The van der Waals surface area contributed by atoms with Crippen molar-refractivity contribution in [1.82, 2.24) is 10.2 Å². The van der Waals surface area contributed by atoms with Gasteiger partial charge in [0.2, 0.25) is 0 Å². The molecule has 1 heterocycles. The van der Waals surface area contributed by atoms with Crippen LogP contribution in [0.4, 0.5) is 0 Å². The zero-order valence-corrected chi connectivity index (χ0v) is 14.7. The van der Waals surface area contributed by atoms with Crippen molar-refractivity contribution in [3.8, 4) is 0 Å². The smallest absolute Gasteiger partial charge is 0.0249 e. The van der Waals surface area contributed by atoms with Crippen LogP contribution in [0.3, 0.4) is 0 Å². The monoisotopic (exact) mass is 294 g/mol. The van der Waals surface area contributed by atoms with Gasteiger partial charge in [-0.1, -0.05) is 46.5 Å². The molecule has 2 nitrogen and oxygen atoms in total. The van der Waals surface area contributed by atoms with Gasteiger partial charge in [-0.15, -0.1) is 0 Å². The van der Waals surface area contributed by atoms with Crippen LogP contribution in [-0.2, 0) is 0 Å². The molecule has 2 atom stereocenters. The molecule has 124 valence electrons. The van der Waals surface area contributed by atoms with Gasteiger partial charge in [-0.25, -0.2) is 0 Å². The predicted octanol–water partition coefficient (Wildman–Crippen LogP) is 4.45. The third-order valence-corrected chi connectivity index (χ3v) is 5.87. The summed E-state index contributed by atoms with van der Waals surface area (Å²) in [4.78, 5) is 2.84. The summed E-state index contributed by atoms with van der Waals surface area (Å²) in [7, 11) is 0. The minimum absolute atomic E-state index is 0.751. The molecule has 0 aromatic rings. The highest BCUT2D eigenvalue weighted by molar-refractivity contribution is 4.88. The van der Waals surface area contributed by atoms with Crippen LogP contribution < -0.4 is 5.32 Å². The minimum Gasteiger partial charge on any atom is -0.312 e. The summed E-state index contributed by atoms with van der Waals surface area (Å²) in [5.41, 5.74) is 0. The highest BCUT2D eigenvalue weighted by Crippen LogP contribution is 2.29. The van der Waals surface area contributed by atoms with Gasteiger partial charge < -0.3 is 5.32 Å². The first kappa shape index (κ1) is 17.3. The van der Waals surface area contributed by atoms with E-state index in [1.54, 1.807) is 0 Å². The lowest BCUT2D eigenvalue weighted by molar-refractivity contribution is 0.0800. The summed E-state index contributed by atoms with van der Waals surface area (Å²) in [5, 5.41) is 3.88. The maximum absolute atomic E-state index is 3.88. The van der Waals surface area contributed by atoms with E-state index in [1.807, 2.05) is 0 Å². The van der Waals surface area contributed by atoms with Crippen LogP contribution in [0.25, 0.3) is 0 Å². The number of likely N-dealkylation sites (tertiary alicyclic amines) is 1. The van der Waals surface area contributed by atoms with E-state index in [-0.39, 0.29) is 0 Å². The summed E-state index contributed by atoms with van der Waals surface area (Å²) < 4.78 is 0. The maximum Gasteiger partial charge on any atom is 0.0249 e. The van der Waals surface area contributed by atoms with E-state index in [0.29, 0.717) is 0 Å². The molecule has 0 bridgehead atoms. The zero-order valence-electron chi connectivity index (χ0n) is 14.7. The second-order valence-corrected chi connectivity index (χ2v) is 7.74. The van der Waals surface area contributed by atoms with Crippen LogP contribution in [0.2, 0.25) is 0 Å². The molecule has 2 fully saturated rings. The van der Waals surface area contributed by atoms with Crippen molar-refractivity contribution in [3.63, 3.8) is 0 Å². The van der Waals surface area contributed by atoms with Crippen molar-refractivity contribution in [3.05, 3.63) is 0 Å². The summed E-state index contributed by atoms with van der Waals surface area (Å²) in [6.45, 7) is 11.0. The van der Waals surface area contributed by atoms with Crippen molar-refractivity contribution >= 4 is 0 Å². The molecule has 2 unspecified atom stereocenters. The fraction of sp³-hybridized carbons (Fsp3) is 1.00. The van der Waals surface area contributed by atoms with Crippen molar-refractivity contribution in [2.45, 2.75) is 90.6 Å². The Bertz CT molecular complexity index is 267. The highest BCUT2D eigenvalue weighted by atomic mass is 15.2. The summed E-state index contributed by atoms with van der Waals surface area (Å²) in [5.74, 6) is 1.84. The van der Waals surface area contributed by atoms with Crippen LogP contribution in [0.5, 0.6) is 0 Å². The van der Waals surface area contributed by atoms with Gasteiger partial charge in [-0.05, 0) is 63.6 Å². The van der Waals surface area contributed by atoms with E-state index in [4.69, 9.17) is 0 Å². The summed E-state index contributed by atoms with van der Waals surface area (Å²) in [6.07, 6.45) is 12.7. The van der Waals surface area contributed by atoms with Crippen molar-refractivity contribution < 1.29 is 0 Å². The van der Waals surface area contributed by atoms with Gasteiger partial charge in [0.15, 0.2) is 0 Å². The second-order valence-electron chi connectivity index (χ2n) is 7.74. The highest BCUT2D eigenvalue weighted by Gasteiger charge is 2.31. The first-order valence-electron chi connectivity index (χ1n) is 9.69. The van der Waals surface area contributed by atoms with Crippen LogP contribution in [-0.4, -0.2) is 36.6 Å². The second kappa shape index (κ2) is 9.15. The summed E-state index contributed by atoms with van der Waals surface area (Å²) in [6, 6.07) is 1.56. The molecule has 2 aliphatic rings. The van der Waals surface area contributed by atoms with Gasteiger partial charge in [-0.2, -0.15) is 0 Å². The molecular formula is C19H38N2. The lowest BCUT2D eigenvalue weighted by Gasteiger charge is -2.43. The van der Waals surface area contributed by atoms with Crippen molar-refractivity contribution in [2.75, 3.05) is 19.6 Å². The average molecular weight is 295 g/mol. The predicted molar refractivity (Wildman–Crippen MR) is 92.7 cm³/mol. The van der Waals surface area contributed by atoms with Crippen LogP contribution in [0.1, 0.15) is 78.6 Å². The lowest BCUT2D eigenvalue weighted by Crippen LogP contribution is -2.53. The van der Waals surface area contributed by atoms with E-state index < -0.39 is 0 Å². The first-order valence-corrected chi connectivity index (χ1v) is 9.69. The maximum atomic E-state index is 3.88. The summed E-state index contributed by atoms with van der Waals surface area (Å²) >= 11 is 0. The molecule has 0 aromatic heterocycles. The first-order chi connectivity index (χ1) is 10.2. The third kappa shape index (κ3) is 5.25. The van der Waals surface area contributed by atoms with Gasteiger partial charge in [0.1, 0.15) is 0 Å². The van der Waals surface area contributed by atoms with E-state index in [2.05, 4.69) is 31.0 Å². The topological polar surface area (TPSA) is 15.3 Å². The van der Waals surface area contributed by atoms with E-state index >= 15 is 0 Å². The van der Waals surface area contributed by atoms with Gasteiger partial charge >= 0.3 is 0 Å². The van der Waals surface area contributed by atoms with Gasteiger partial charge in [0.25, 0.3) is 0 Å². The molecule has 2 heteroatoms. The minimum atomic E-state index is 0.751. The molecule has 0 aromatic carbocycles.